The quantitative estimate of drug-likeness (QED) is 0.589. The van der Waals surface area contributed by atoms with Crippen molar-refractivity contribution in [3.63, 3.8) is 0 Å². The van der Waals surface area contributed by atoms with Crippen LogP contribution in [0.2, 0.25) is 0 Å². The van der Waals surface area contributed by atoms with Crippen molar-refractivity contribution in [1.29, 1.82) is 0 Å². The van der Waals surface area contributed by atoms with Crippen molar-refractivity contribution in [2.75, 3.05) is 4.90 Å². The third kappa shape index (κ3) is 1.76. The van der Waals surface area contributed by atoms with Gasteiger partial charge in [-0.15, -0.1) is 0 Å². The van der Waals surface area contributed by atoms with Gasteiger partial charge in [0.2, 0.25) is 0 Å². The number of imide groups is 1. The number of anilines is 1. The summed E-state index contributed by atoms with van der Waals surface area (Å²) < 4.78 is 26.7. The maximum Gasteiger partial charge on any atom is 0.266 e. The lowest BCUT2D eigenvalue weighted by Gasteiger charge is -2.16. The minimum Gasteiger partial charge on any atom is -0.268 e. The minimum atomic E-state index is -0.878. The molecule has 1 aliphatic heterocycles. The number of halogens is 3. The Morgan fingerprint density at radius 3 is 2.05 bits per heavy atom. The molecule has 0 aromatic heterocycles. The Labute approximate surface area is 120 Å². The second kappa shape index (κ2) is 4.49. The number of fused-ring (bicyclic) bond motifs is 1. The Bertz CT molecular complexity index is 726. The fourth-order valence-electron chi connectivity index (χ4n) is 2.11. The molecule has 0 N–H and O–H groups in total. The Kier molecular flexibility index (Phi) is 2.90. The first-order valence-electron chi connectivity index (χ1n) is 5.63. The first-order chi connectivity index (χ1) is 9.50. The van der Waals surface area contributed by atoms with Gasteiger partial charge in [-0.1, -0.05) is 12.1 Å². The molecule has 0 aliphatic carbocycles. The van der Waals surface area contributed by atoms with Gasteiger partial charge in [0.05, 0.1) is 21.3 Å². The highest BCUT2D eigenvalue weighted by molar-refractivity contribution is 9.10. The van der Waals surface area contributed by atoms with E-state index >= 15 is 0 Å². The average molecular weight is 338 g/mol. The lowest BCUT2D eigenvalue weighted by atomic mass is 10.1. The molecule has 1 heterocycles. The van der Waals surface area contributed by atoms with Gasteiger partial charge in [0.15, 0.2) is 0 Å². The predicted molar refractivity (Wildman–Crippen MR) is 71.6 cm³/mol. The Morgan fingerprint density at radius 2 is 1.50 bits per heavy atom. The van der Waals surface area contributed by atoms with Gasteiger partial charge in [0.25, 0.3) is 11.8 Å². The van der Waals surface area contributed by atoms with Gasteiger partial charge in [-0.05, 0) is 34.1 Å². The summed E-state index contributed by atoms with van der Waals surface area (Å²) in [5, 5.41) is 0. The molecule has 1 aliphatic rings. The SMILES string of the molecule is O=C1c2ccccc2C(=O)N1c1cc(F)cc(F)c1Br. The number of carbonyl (C=O) groups is 2. The number of hydrogen-bond donors (Lipinski definition) is 0. The zero-order chi connectivity index (χ0) is 14.4. The van der Waals surface area contributed by atoms with Crippen molar-refractivity contribution in [3.8, 4) is 0 Å². The van der Waals surface area contributed by atoms with Crippen LogP contribution < -0.4 is 4.90 Å². The molecule has 20 heavy (non-hydrogen) atoms. The van der Waals surface area contributed by atoms with E-state index in [-0.39, 0.29) is 21.3 Å². The number of carbonyl (C=O) groups excluding carboxylic acids is 2. The molecular weight excluding hydrogens is 332 g/mol. The Hall–Kier alpha value is -2.08. The molecule has 0 saturated heterocycles. The van der Waals surface area contributed by atoms with Crippen molar-refractivity contribution in [2.24, 2.45) is 0 Å². The molecule has 3 nitrogen and oxygen atoms in total. The second-order valence-electron chi connectivity index (χ2n) is 4.21. The first kappa shape index (κ1) is 12.9. The highest BCUT2D eigenvalue weighted by atomic mass is 79.9. The fraction of sp³-hybridized carbons (Fsp3) is 0. The van der Waals surface area contributed by atoms with Gasteiger partial charge in [0.1, 0.15) is 11.6 Å². The van der Waals surface area contributed by atoms with Gasteiger partial charge in [0, 0.05) is 6.07 Å². The monoisotopic (exact) mass is 337 g/mol. The van der Waals surface area contributed by atoms with Crippen LogP contribution in [0, 0.1) is 11.6 Å². The lowest BCUT2D eigenvalue weighted by molar-refractivity contribution is 0.0926. The summed E-state index contributed by atoms with van der Waals surface area (Å²) in [7, 11) is 0. The van der Waals surface area contributed by atoms with Crippen molar-refractivity contribution in [3.05, 3.63) is 63.6 Å². The van der Waals surface area contributed by atoms with E-state index in [0.717, 1.165) is 11.0 Å². The Balaban J connectivity index is 2.19. The molecule has 0 saturated carbocycles. The van der Waals surface area contributed by atoms with E-state index in [0.29, 0.717) is 6.07 Å². The molecule has 0 bridgehead atoms. The predicted octanol–water partition coefficient (Wildman–Crippen LogP) is 3.53. The van der Waals surface area contributed by atoms with E-state index < -0.39 is 23.4 Å². The average Bonchev–Trinajstić information content (AvgIpc) is 2.67. The molecule has 2 aromatic rings. The van der Waals surface area contributed by atoms with Gasteiger partial charge in [-0.25, -0.2) is 13.7 Å². The minimum absolute atomic E-state index is 0.131. The number of rotatable bonds is 1. The van der Waals surface area contributed by atoms with E-state index in [1.165, 1.54) is 12.1 Å². The van der Waals surface area contributed by atoms with Crippen LogP contribution >= 0.6 is 15.9 Å². The molecule has 2 aromatic carbocycles. The summed E-state index contributed by atoms with van der Waals surface area (Å²) in [4.78, 5) is 25.2. The Morgan fingerprint density at radius 1 is 0.950 bits per heavy atom. The summed E-state index contributed by atoms with van der Waals surface area (Å²) in [5.74, 6) is -2.94. The van der Waals surface area contributed by atoms with Gasteiger partial charge < -0.3 is 0 Å². The standard InChI is InChI=1S/C14H6BrF2NO2/c15-12-10(17)5-7(16)6-11(12)18-13(19)8-3-1-2-4-9(8)14(18)20/h1-6H. The molecule has 0 radical (unpaired) electrons. The van der Waals surface area contributed by atoms with E-state index in [2.05, 4.69) is 15.9 Å². The molecule has 0 fully saturated rings. The number of nitrogens with zero attached hydrogens (tertiary/aromatic N) is 1. The summed E-state index contributed by atoms with van der Waals surface area (Å²) in [6.07, 6.45) is 0. The summed E-state index contributed by atoms with van der Waals surface area (Å²) >= 11 is 2.94. The molecular formula is C14H6BrF2NO2. The van der Waals surface area contributed by atoms with Crippen molar-refractivity contribution >= 4 is 33.4 Å². The lowest BCUT2D eigenvalue weighted by Crippen LogP contribution is -2.30. The molecule has 3 rings (SSSR count). The molecule has 100 valence electrons. The molecule has 6 heteroatoms. The fourth-order valence-corrected chi connectivity index (χ4v) is 2.52. The highest BCUT2D eigenvalue weighted by Crippen LogP contribution is 2.35. The van der Waals surface area contributed by atoms with Crippen molar-refractivity contribution < 1.29 is 18.4 Å². The topological polar surface area (TPSA) is 37.4 Å². The third-order valence-electron chi connectivity index (χ3n) is 3.01. The summed E-state index contributed by atoms with van der Waals surface area (Å²) in [5.41, 5.74) is 0.289. The van der Waals surface area contributed by atoms with Crippen molar-refractivity contribution in [2.45, 2.75) is 0 Å². The zero-order valence-corrected chi connectivity index (χ0v) is 11.4. The number of amides is 2. The molecule has 0 unspecified atom stereocenters. The maximum atomic E-state index is 13.5. The van der Waals surface area contributed by atoms with Crippen LogP contribution in [0.25, 0.3) is 0 Å². The third-order valence-corrected chi connectivity index (χ3v) is 3.79. The highest BCUT2D eigenvalue weighted by Gasteiger charge is 2.37. The largest absolute Gasteiger partial charge is 0.268 e. The van der Waals surface area contributed by atoms with Crippen LogP contribution in [0.15, 0.2) is 40.9 Å². The van der Waals surface area contributed by atoms with Crippen LogP contribution in [0.1, 0.15) is 20.7 Å². The second-order valence-corrected chi connectivity index (χ2v) is 5.01. The van der Waals surface area contributed by atoms with Gasteiger partial charge in [-0.2, -0.15) is 0 Å². The van der Waals surface area contributed by atoms with Gasteiger partial charge >= 0.3 is 0 Å². The number of hydrogen-bond acceptors (Lipinski definition) is 2. The van der Waals surface area contributed by atoms with E-state index in [9.17, 15) is 18.4 Å². The summed E-state index contributed by atoms with van der Waals surface area (Å²) in [6.45, 7) is 0. The van der Waals surface area contributed by atoms with Crippen LogP contribution in [0.5, 0.6) is 0 Å². The van der Waals surface area contributed by atoms with Crippen LogP contribution in [0.4, 0.5) is 14.5 Å². The van der Waals surface area contributed by atoms with Crippen LogP contribution in [-0.4, -0.2) is 11.8 Å². The van der Waals surface area contributed by atoms with E-state index in [4.69, 9.17) is 0 Å². The zero-order valence-electron chi connectivity index (χ0n) is 9.86. The summed E-state index contributed by atoms with van der Waals surface area (Å²) in [6, 6.07) is 7.85. The van der Waals surface area contributed by atoms with E-state index in [1.807, 2.05) is 0 Å². The smallest absolute Gasteiger partial charge is 0.266 e. The van der Waals surface area contributed by atoms with Crippen molar-refractivity contribution in [1.82, 2.24) is 0 Å². The van der Waals surface area contributed by atoms with Gasteiger partial charge in [-0.3, -0.25) is 9.59 Å². The molecule has 0 atom stereocenters. The van der Waals surface area contributed by atoms with E-state index in [1.54, 1.807) is 12.1 Å². The molecule has 0 spiro atoms. The number of benzene rings is 2. The van der Waals surface area contributed by atoms with Crippen LogP contribution in [0.3, 0.4) is 0 Å². The maximum absolute atomic E-state index is 13.5. The molecule has 2 amide bonds. The first-order valence-corrected chi connectivity index (χ1v) is 6.42. The normalized spacial score (nSPS) is 13.8. The van der Waals surface area contributed by atoms with Crippen LogP contribution in [-0.2, 0) is 0 Å².